The Morgan fingerprint density at radius 2 is 1.71 bits per heavy atom. The summed E-state index contributed by atoms with van der Waals surface area (Å²) >= 11 is 0. The summed E-state index contributed by atoms with van der Waals surface area (Å²) in [6.45, 7) is 0. The maximum Gasteiger partial charge on any atom is 0.134 e. The van der Waals surface area contributed by atoms with Crippen molar-refractivity contribution in [2.45, 2.75) is 0 Å². The van der Waals surface area contributed by atoms with E-state index in [9.17, 15) is 4.21 Å². The first-order valence-electron chi connectivity index (χ1n) is 1.64. The zero-order chi connectivity index (χ0) is 6.15. The van der Waals surface area contributed by atoms with Gasteiger partial charge in [-0.05, 0) is 7.05 Å². The van der Waals surface area contributed by atoms with E-state index >= 15 is 0 Å². The monoisotopic (exact) mass is 127 g/mol. The van der Waals surface area contributed by atoms with E-state index in [1.165, 1.54) is 7.05 Å². The molecule has 3 N–H and O–H groups in total. The molecule has 0 fully saturated rings. The first kappa shape index (κ1) is 7.03. The van der Waals surface area contributed by atoms with Crippen LogP contribution in [0.15, 0.2) is 0 Å². The van der Waals surface area contributed by atoms with Gasteiger partial charge in [0.1, 0.15) is 9.81 Å². The van der Waals surface area contributed by atoms with Gasteiger partial charge in [0.2, 0.25) is 0 Å². The molecule has 0 aromatic heterocycles. The standard InChI is InChI=1S/C2H9NO3S/c1-3-7(2,4,5)6/h1-2H3,(H3,3,4,5,6). The molecule has 0 radical (unpaired) electrons. The Bertz CT molecular complexity index is 114. The quantitative estimate of drug-likeness (QED) is 0.445. The van der Waals surface area contributed by atoms with Gasteiger partial charge in [-0.3, -0.25) is 9.11 Å². The fourth-order valence-corrected chi connectivity index (χ4v) is 0. The van der Waals surface area contributed by atoms with E-state index in [0.717, 1.165) is 6.26 Å². The summed E-state index contributed by atoms with van der Waals surface area (Å²) in [6.07, 6.45) is 0.817. The van der Waals surface area contributed by atoms with Gasteiger partial charge in [0.25, 0.3) is 0 Å². The highest BCUT2D eigenvalue weighted by molar-refractivity contribution is 8.07. The van der Waals surface area contributed by atoms with E-state index in [1.807, 2.05) is 4.72 Å². The topological polar surface area (TPSA) is 69.6 Å². The third kappa shape index (κ3) is 6.03. The van der Waals surface area contributed by atoms with Crippen LogP contribution in [0.5, 0.6) is 0 Å². The Labute approximate surface area is 42.1 Å². The summed E-state index contributed by atoms with van der Waals surface area (Å²) in [7, 11) is -3.16. The summed E-state index contributed by atoms with van der Waals surface area (Å²) in [5.74, 6) is 0. The van der Waals surface area contributed by atoms with Crippen molar-refractivity contribution < 1.29 is 13.3 Å². The molecule has 0 atom stereocenters. The summed E-state index contributed by atoms with van der Waals surface area (Å²) < 4.78 is 28.6. The number of hydrogen-bond donors (Lipinski definition) is 3. The molecule has 0 saturated heterocycles. The maximum absolute atomic E-state index is 10.2. The van der Waals surface area contributed by atoms with Gasteiger partial charge in [-0.2, -0.15) is 0 Å². The van der Waals surface area contributed by atoms with Crippen LogP contribution in [0, 0.1) is 0 Å². The van der Waals surface area contributed by atoms with Gasteiger partial charge in [-0.15, -0.1) is 0 Å². The number of hydrogen-bond acceptors (Lipinski definition) is 1. The molecule has 0 spiro atoms. The van der Waals surface area contributed by atoms with E-state index in [2.05, 4.69) is 0 Å². The minimum Gasteiger partial charge on any atom is -0.297 e. The average Bonchev–Trinajstić information content (AvgIpc) is 1.32. The van der Waals surface area contributed by atoms with Crippen molar-refractivity contribution in [3.8, 4) is 0 Å². The van der Waals surface area contributed by atoms with Crippen LogP contribution in [-0.4, -0.2) is 26.6 Å². The Kier molecular flexibility index (Phi) is 1.26. The Morgan fingerprint density at radius 1 is 1.57 bits per heavy atom. The molecule has 0 aliphatic rings. The number of nitrogens with one attached hydrogen (secondary N) is 1. The minimum atomic E-state index is -4.37. The summed E-state index contributed by atoms with van der Waals surface area (Å²) in [6, 6.07) is 0. The van der Waals surface area contributed by atoms with Gasteiger partial charge in [-0.1, -0.05) is 0 Å². The van der Waals surface area contributed by atoms with Gasteiger partial charge in [0.05, 0.1) is 0 Å². The van der Waals surface area contributed by atoms with Gasteiger partial charge in [0.15, 0.2) is 0 Å². The Hall–Kier alpha value is 0.0300. The predicted octanol–water partition coefficient (Wildman–Crippen LogP) is -0.483. The van der Waals surface area contributed by atoms with Crippen LogP contribution >= 0.6 is 0 Å². The Balaban J connectivity index is 4.14. The molecule has 0 aromatic carbocycles. The van der Waals surface area contributed by atoms with Crippen molar-refractivity contribution in [1.82, 2.24) is 4.72 Å². The summed E-state index contributed by atoms with van der Waals surface area (Å²) in [4.78, 5) is 0. The SMILES string of the molecule is CNS(C)(=O)(O)O. The average molecular weight is 127 g/mol. The molecule has 0 aliphatic heterocycles. The first-order valence-corrected chi connectivity index (χ1v) is 3.93. The molecule has 46 valence electrons. The molecule has 5 heteroatoms. The molecule has 0 saturated carbocycles. The molecule has 0 unspecified atom stereocenters. The van der Waals surface area contributed by atoms with Gasteiger partial charge in [-0.25, -0.2) is 8.93 Å². The lowest BCUT2D eigenvalue weighted by Crippen LogP contribution is -2.42. The highest BCUT2D eigenvalue weighted by atomic mass is 32.3. The van der Waals surface area contributed by atoms with Gasteiger partial charge >= 0.3 is 0 Å². The van der Waals surface area contributed by atoms with E-state index in [4.69, 9.17) is 9.11 Å². The molecule has 0 heterocycles. The lowest BCUT2D eigenvalue weighted by molar-refractivity contribution is 0.387. The van der Waals surface area contributed by atoms with Crippen LogP contribution in [0.2, 0.25) is 0 Å². The van der Waals surface area contributed by atoms with E-state index in [0.29, 0.717) is 0 Å². The van der Waals surface area contributed by atoms with Crippen molar-refractivity contribution in [3.05, 3.63) is 0 Å². The third-order valence-corrected chi connectivity index (χ3v) is 1.41. The van der Waals surface area contributed by atoms with Crippen molar-refractivity contribution in [3.63, 3.8) is 0 Å². The highest BCUT2D eigenvalue weighted by Crippen LogP contribution is 1.99. The number of rotatable bonds is 1. The maximum atomic E-state index is 10.2. The second-order valence-corrected chi connectivity index (χ2v) is 4.31. The predicted molar refractivity (Wildman–Crippen MR) is 28.4 cm³/mol. The van der Waals surface area contributed by atoms with Crippen LogP contribution in [0.1, 0.15) is 0 Å². The normalized spacial score (nSPS) is 18.0. The lowest BCUT2D eigenvalue weighted by Gasteiger charge is -2.23. The largest absolute Gasteiger partial charge is 0.297 e. The van der Waals surface area contributed by atoms with Crippen LogP contribution in [-0.2, 0) is 9.81 Å². The van der Waals surface area contributed by atoms with Crippen molar-refractivity contribution in [2.24, 2.45) is 0 Å². The molecule has 0 bridgehead atoms. The second kappa shape index (κ2) is 1.25. The molecule has 0 rings (SSSR count). The van der Waals surface area contributed by atoms with E-state index < -0.39 is 9.81 Å². The van der Waals surface area contributed by atoms with Crippen molar-refractivity contribution in [1.29, 1.82) is 0 Å². The van der Waals surface area contributed by atoms with Crippen LogP contribution < -0.4 is 4.72 Å². The highest BCUT2D eigenvalue weighted by Gasteiger charge is 2.16. The molecule has 7 heavy (non-hydrogen) atoms. The van der Waals surface area contributed by atoms with Gasteiger partial charge < -0.3 is 0 Å². The smallest absolute Gasteiger partial charge is 0.134 e. The minimum absolute atomic E-state index is 0.817. The fraction of sp³-hybridized carbons (Fsp3) is 1.00. The zero-order valence-electron chi connectivity index (χ0n) is 4.21. The molecule has 0 aliphatic carbocycles. The molecular weight excluding hydrogens is 118 g/mol. The second-order valence-electron chi connectivity index (χ2n) is 1.44. The summed E-state index contributed by atoms with van der Waals surface area (Å²) in [5.41, 5.74) is 0. The summed E-state index contributed by atoms with van der Waals surface area (Å²) in [5, 5.41) is 0. The first-order chi connectivity index (χ1) is 2.81. The van der Waals surface area contributed by atoms with Crippen molar-refractivity contribution in [2.75, 3.05) is 13.3 Å². The van der Waals surface area contributed by atoms with Gasteiger partial charge in [0, 0.05) is 6.26 Å². The van der Waals surface area contributed by atoms with E-state index in [-0.39, 0.29) is 0 Å². The van der Waals surface area contributed by atoms with Crippen LogP contribution in [0.3, 0.4) is 0 Å². The molecule has 0 amide bonds. The fourth-order valence-electron chi connectivity index (χ4n) is 0. The zero-order valence-corrected chi connectivity index (χ0v) is 5.03. The molecular formula is C2H9NO3S. The molecule has 4 nitrogen and oxygen atoms in total. The lowest BCUT2D eigenvalue weighted by atomic mass is 11.6. The van der Waals surface area contributed by atoms with Crippen LogP contribution in [0.25, 0.3) is 0 Å². The van der Waals surface area contributed by atoms with Crippen LogP contribution in [0.4, 0.5) is 0 Å². The van der Waals surface area contributed by atoms with Crippen molar-refractivity contribution >= 4 is 9.81 Å². The van der Waals surface area contributed by atoms with E-state index in [1.54, 1.807) is 0 Å². The third-order valence-electron chi connectivity index (χ3n) is 0.470. The molecule has 0 aromatic rings. The Morgan fingerprint density at radius 3 is 1.71 bits per heavy atom.